The fourth-order valence-electron chi connectivity index (χ4n) is 4.66. The molecule has 168 valence electrons. The van der Waals surface area contributed by atoms with E-state index >= 15 is 0 Å². The molecule has 0 bridgehead atoms. The van der Waals surface area contributed by atoms with Gasteiger partial charge in [0.2, 0.25) is 0 Å². The second kappa shape index (κ2) is 9.25. The minimum Gasteiger partial charge on any atom is -0.507 e. The van der Waals surface area contributed by atoms with E-state index in [0.717, 1.165) is 37.7 Å². The van der Waals surface area contributed by atoms with Gasteiger partial charge in [-0.2, -0.15) is 0 Å². The molecule has 4 rings (SSSR count). The maximum Gasteiger partial charge on any atom is 0.295 e. The molecule has 1 aliphatic heterocycles. The second-order valence-electron chi connectivity index (χ2n) is 8.12. The Morgan fingerprint density at radius 3 is 2.22 bits per heavy atom. The van der Waals surface area contributed by atoms with Gasteiger partial charge in [-0.05, 0) is 48.7 Å². The number of aliphatic hydroxyl groups excluding tert-OH is 1. The Morgan fingerprint density at radius 1 is 0.969 bits per heavy atom. The molecule has 32 heavy (non-hydrogen) atoms. The van der Waals surface area contributed by atoms with E-state index in [-0.39, 0.29) is 28.0 Å². The number of ether oxygens (including phenoxy) is 2. The Kier molecular flexibility index (Phi) is 6.42. The van der Waals surface area contributed by atoms with E-state index in [4.69, 9.17) is 21.1 Å². The van der Waals surface area contributed by atoms with Gasteiger partial charge >= 0.3 is 0 Å². The van der Waals surface area contributed by atoms with Crippen LogP contribution in [0.1, 0.15) is 49.3 Å². The second-order valence-corrected chi connectivity index (χ2v) is 8.52. The van der Waals surface area contributed by atoms with Gasteiger partial charge in [-0.15, -0.1) is 0 Å². The Bertz CT molecular complexity index is 1060. The first-order valence-corrected chi connectivity index (χ1v) is 11.1. The fourth-order valence-corrected chi connectivity index (χ4v) is 4.86. The van der Waals surface area contributed by atoms with Gasteiger partial charge in [-0.3, -0.25) is 9.59 Å². The summed E-state index contributed by atoms with van der Waals surface area (Å²) in [5.74, 6) is -0.435. The van der Waals surface area contributed by atoms with E-state index in [9.17, 15) is 14.7 Å². The van der Waals surface area contributed by atoms with Crippen LogP contribution in [-0.2, 0) is 9.59 Å². The van der Waals surface area contributed by atoms with Crippen LogP contribution in [0.4, 0.5) is 0 Å². The molecule has 2 aliphatic rings. The number of methoxy groups -OCH3 is 2. The van der Waals surface area contributed by atoms with Gasteiger partial charge in [0.15, 0.2) is 0 Å². The maximum atomic E-state index is 13.2. The largest absolute Gasteiger partial charge is 0.507 e. The van der Waals surface area contributed by atoms with Crippen LogP contribution >= 0.6 is 11.6 Å². The summed E-state index contributed by atoms with van der Waals surface area (Å²) in [4.78, 5) is 28.1. The van der Waals surface area contributed by atoms with Gasteiger partial charge in [0, 0.05) is 11.6 Å². The van der Waals surface area contributed by atoms with Crippen LogP contribution in [0, 0.1) is 0 Å². The molecule has 1 N–H and O–H groups in total. The van der Waals surface area contributed by atoms with Crippen molar-refractivity contribution in [1.29, 1.82) is 0 Å². The van der Waals surface area contributed by atoms with Gasteiger partial charge < -0.3 is 19.5 Å². The van der Waals surface area contributed by atoms with Crippen LogP contribution in [0.15, 0.2) is 48.0 Å². The number of rotatable bonds is 5. The summed E-state index contributed by atoms with van der Waals surface area (Å²) in [5, 5.41) is 11.5. The quantitative estimate of drug-likeness (QED) is 0.385. The third kappa shape index (κ3) is 3.95. The number of nitrogens with zero attached hydrogens (tertiary/aromatic N) is 1. The summed E-state index contributed by atoms with van der Waals surface area (Å²) in [6, 6.07) is 11.3. The predicted molar refractivity (Wildman–Crippen MR) is 122 cm³/mol. The van der Waals surface area contributed by atoms with Crippen LogP contribution in [0.25, 0.3) is 5.76 Å². The van der Waals surface area contributed by atoms with Crippen LogP contribution < -0.4 is 9.47 Å². The van der Waals surface area contributed by atoms with Gasteiger partial charge in [0.25, 0.3) is 11.7 Å². The minimum atomic E-state index is -0.703. The van der Waals surface area contributed by atoms with Crippen LogP contribution in [0.3, 0.4) is 0 Å². The van der Waals surface area contributed by atoms with Crippen molar-refractivity contribution < 1.29 is 24.2 Å². The fraction of sp³-hybridized carbons (Fsp3) is 0.360. The van der Waals surface area contributed by atoms with Crippen molar-refractivity contribution in [3.8, 4) is 11.5 Å². The van der Waals surface area contributed by atoms with Crippen molar-refractivity contribution in [2.24, 2.45) is 0 Å². The zero-order valence-electron chi connectivity index (χ0n) is 18.1. The summed E-state index contributed by atoms with van der Waals surface area (Å²) in [6.07, 6.45) is 4.79. The number of hydrogen-bond donors (Lipinski definition) is 1. The summed E-state index contributed by atoms with van der Waals surface area (Å²) >= 11 is 6.35. The molecule has 0 aromatic heterocycles. The number of carbonyl (C=O) groups is 2. The molecule has 1 heterocycles. The first-order chi connectivity index (χ1) is 15.5. The molecule has 6 nitrogen and oxygen atoms in total. The number of ketones is 1. The zero-order chi connectivity index (χ0) is 22.8. The first kappa shape index (κ1) is 22.2. The van der Waals surface area contributed by atoms with Crippen molar-refractivity contribution >= 4 is 29.1 Å². The molecule has 1 atom stereocenters. The van der Waals surface area contributed by atoms with Gasteiger partial charge in [-0.1, -0.05) is 43.0 Å². The Labute approximate surface area is 192 Å². The lowest BCUT2D eigenvalue weighted by atomic mass is 9.91. The molecule has 2 fully saturated rings. The number of aliphatic hydroxyl groups is 1. The molecule has 1 aliphatic carbocycles. The molecule has 7 heteroatoms. The molecule has 1 amide bonds. The lowest BCUT2D eigenvalue weighted by molar-refractivity contribution is -0.141. The van der Waals surface area contributed by atoms with Crippen molar-refractivity contribution in [2.75, 3.05) is 14.2 Å². The molecule has 1 unspecified atom stereocenters. The Morgan fingerprint density at radius 2 is 1.59 bits per heavy atom. The minimum absolute atomic E-state index is 0.0425. The van der Waals surface area contributed by atoms with Gasteiger partial charge in [-0.25, -0.2) is 0 Å². The number of benzene rings is 2. The number of amides is 1. The van der Waals surface area contributed by atoms with E-state index in [0.29, 0.717) is 11.5 Å². The Balaban J connectivity index is 1.89. The summed E-state index contributed by atoms with van der Waals surface area (Å²) in [7, 11) is 3.08. The van der Waals surface area contributed by atoms with Crippen LogP contribution in [0.2, 0.25) is 5.02 Å². The maximum absolute atomic E-state index is 13.2. The molecule has 2 aromatic carbocycles. The topological polar surface area (TPSA) is 76.1 Å². The van der Waals surface area contributed by atoms with E-state index in [1.54, 1.807) is 42.3 Å². The van der Waals surface area contributed by atoms with Crippen molar-refractivity contribution in [2.45, 2.75) is 44.2 Å². The lowest BCUT2D eigenvalue weighted by Gasteiger charge is -2.35. The van der Waals surface area contributed by atoms with Gasteiger partial charge in [0.1, 0.15) is 17.3 Å². The lowest BCUT2D eigenvalue weighted by Crippen LogP contribution is -2.40. The molecule has 0 spiro atoms. The first-order valence-electron chi connectivity index (χ1n) is 10.7. The van der Waals surface area contributed by atoms with Gasteiger partial charge in [0.05, 0.1) is 30.9 Å². The summed E-state index contributed by atoms with van der Waals surface area (Å²) < 4.78 is 10.5. The number of halogens is 1. The van der Waals surface area contributed by atoms with Crippen LogP contribution in [0.5, 0.6) is 11.5 Å². The molecule has 1 saturated carbocycles. The molecule has 2 aromatic rings. The smallest absolute Gasteiger partial charge is 0.295 e. The monoisotopic (exact) mass is 455 g/mol. The Hall–Kier alpha value is -2.99. The standard InChI is InChI=1S/C25H26ClNO5/c1-31-17-10-8-15(9-11-17)22-21(23(28)19-14-18(32-2)12-13-20(19)26)24(29)25(30)27(22)16-6-4-3-5-7-16/h8-14,16,22,28H,3-7H2,1-2H3/b23-21+. The third-order valence-electron chi connectivity index (χ3n) is 6.31. The highest BCUT2D eigenvalue weighted by molar-refractivity contribution is 6.47. The molecular formula is C25H26ClNO5. The molecular weight excluding hydrogens is 430 g/mol. The normalized spacial score (nSPS) is 21.1. The average molecular weight is 456 g/mol. The number of likely N-dealkylation sites (tertiary alicyclic amines) is 1. The van der Waals surface area contributed by atoms with Crippen molar-refractivity contribution in [3.63, 3.8) is 0 Å². The van der Waals surface area contributed by atoms with Crippen LogP contribution in [-0.4, -0.2) is 42.0 Å². The third-order valence-corrected chi connectivity index (χ3v) is 6.64. The van der Waals surface area contributed by atoms with E-state index in [1.807, 2.05) is 12.1 Å². The number of carbonyl (C=O) groups excluding carboxylic acids is 2. The summed E-state index contributed by atoms with van der Waals surface area (Å²) in [5.41, 5.74) is 1.03. The molecule has 1 saturated heterocycles. The SMILES string of the molecule is COc1ccc(C2/C(=C(\O)c3cc(OC)ccc3Cl)C(=O)C(=O)N2C2CCCCC2)cc1. The van der Waals surface area contributed by atoms with Crippen molar-refractivity contribution in [1.82, 2.24) is 4.90 Å². The molecule has 0 radical (unpaired) electrons. The number of Topliss-reactive ketones (excluding diaryl/α,β-unsaturated/α-hetero) is 1. The number of hydrogen-bond acceptors (Lipinski definition) is 5. The average Bonchev–Trinajstić information content (AvgIpc) is 3.10. The van der Waals surface area contributed by atoms with Crippen molar-refractivity contribution in [3.05, 3.63) is 64.2 Å². The highest BCUT2D eigenvalue weighted by atomic mass is 35.5. The van der Waals surface area contributed by atoms with E-state index < -0.39 is 17.7 Å². The van der Waals surface area contributed by atoms with E-state index in [1.165, 1.54) is 7.11 Å². The van der Waals surface area contributed by atoms with E-state index in [2.05, 4.69) is 0 Å². The highest BCUT2D eigenvalue weighted by Gasteiger charge is 2.49. The predicted octanol–water partition coefficient (Wildman–Crippen LogP) is 5.11. The summed E-state index contributed by atoms with van der Waals surface area (Å²) in [6.45, 7) is 0. The highest BCUT2D eigenvalue weighted by Crippen LogP contribution is 2.44. The zero-order valence-corrected chi connectivity index (χ0v) is 18.9.